The summed E-state index contributed by atoms with van der Waals surface area (Å²) in [7, 11) is 0. The fraction of sp³-hybridized carbons (Fsp3) is 0.385. The molecule has 1 aromatic carbocycles. The average Bonchev–Trinajstić information content (AvgIpc) is 2.60. The first kappa shape index (κ1) is 9.79. The van der Waals surface area contributed by atoms with E-state index in [0.717, 1.165) is 18.7 Å². The first-order chi connectivity index (χ1) is 6.90. The van der Waals surface area contributed by atoms with E-state index in [4.69, 9.17) is 11.6 Å². The molecule has 0 aromatic heterocycles. The lowest BCUT2D eigenvalue weighted by molar-refractivity contribution is 0.784. The molecule has 0 radical (unpaired) electrons. The first-order valence-electron chi connectivity index (χ1n) is 5.23. The number of halogens is 1. The number of fused-ring (bicyclic) bond motifs is 1. The molecule has 2 rings (SSSR count). The molecule has 0 spiro atoms. The molecule has 0 bridgehead atoms. The van der Waals surface area contributed by atoms with Gasteiger partial charge in [0.1, 0.15) is 0 Å². The van der Waals surface area contributed by atoms with E-state index in [1.54, 1.807) is 5.57 Å². The van der Waals surface area contributed by atoms with Crippen LogP contribution < -0.4 is 0 Å². The van der Waals surface area contributed by atoms with Gasteiger partial charge in [0.2, 0.25) is 0 Å². The summed E-state index contributed by atoms with van der Waals surface area (Å²) in [5, 5.41) is 0. The minimum Gasteiger partial charge on any atom is -0.127 e. The van der Waals surface area contributed by atoms with E-state index in [2.05, 4.69) is 30.3 Å². The molecule has 1 aliphatic carbocycles. The Labute approximate surface area is 90.6 Å². The lowest BCUT2D eigenvalue weighted by atomic mass is 10.1. The van der Waals surface area contributed by atoms with E-state index in [-0.39, 0.29) is 0 Å². The molecule has 0 saturated carbocycles. The van der Waals surface area contributed by atoms with Crippen molar-refractivity contribution in [2.45, 2.75) is 25.7 Å². The molecule has 1 aromatic rings. The third-order valence-electron chi connectivity index (χ3n) is 2.71. The summed E-state index contributed by atoms with van der Waals surface area (Å²) in [5.41, 5.74) is 4.46. The molecule has 1 aliphatic rings. The van der Waals surface area contributed by atoms with Gasteiger partial charge in [-0.25, -0.2) is 0 Å². The fourth-order valence-electron chi connectivity index (χ4n) is 1.96. The topological polar surface area (TPSA) is 0 Å². The van der Waals surface area contributed by atoms with Crippen molar-refractivity contribution in [1.82, 2.24) is 0 Å². The molecule has 0 aliphatic heterocycles. The van der Waals surface area contributed by atoms with Crippen LogP contribution in [0.5, 0.6) is 0 Å². The predicted octanol–water partition coefficient (Wildman–Crippen LogP) is 4.04. The molecule has 0 atom stereocenters. The lowest BCUT2D eigenvalue weighted by Crippen LogP contribution is -1.85. The molecule has 0 heterocycles. The Morgan fingerprint density at radius 1 is 1.14 bits per heavy atom. The summed E-state index contributed by atoms with van der Waals surface area (Å²) in [5.74, 6) is 0.792. The quantitative estimate of drug-likeness (QED) is 0.515. The Bertz CT molecular complexity index is 339. The predicted molar refractivity (Wildman–Crippen MR) is 62.7 cm³/mol. The van der Waals surface area contributed by atoms with Gasteiger partial charge >= 0.3 is 0 Å². The minimum atomic E-state index is 0.792. The summed E-state index contributed by atoms with van der Waals surface area (Å²) < 4.78 is 0. The van der Waals surface area contributed by atoms with Crippen molar-refractivity contribution < 1.29 is 0 Å². The lowest BCUT2D eigenvalue weighted by Gasteiger charge is -1.99. The molecule has 0 fully saturated rings. The van der Waals surface area contributed by atoms with Crippen LogP contribution >= 0.6 is 11.6 Å². The fourth-order valence-corrected chi connectivity index (χ4v) is 2.15. The Morgan fingerprint density at radius 2 is 2.00 bits per heavy atom. The molecule has 74 valence electrons. The van der Waals surface area contributed by atoms with Gasteiger partial charge in [-0.3, -0.25) is 0 Å². The maximum Gasteiger partial charge on any atom is 0.0223 e. The van der Waals surface area contributed by atoms with Crippen molar-refractivity contribution >= 4 is 17.7 Å². The van der Waals surface area contributed by atoms with Crippen LogP contribution in [0.3, 0.4) is 0 Å². The summed E-state index contributed by atoms with van der Waals surface area (Å²) >= 11 is 5.66. The van der Waals surface area contributed by atoms with Gasteiger partial charge in [-0.2, -0.15) is 0 Å². The molecular weight excluding hydrogens is 192 g/mol. The van der Waals surface area contributed by atoms with Crippen LogP contribution in [0.4, 0.5) is 0 Å². The number of allylic oxidation sites excluding steroid dienone is 1. The normalized spacial score (nSPS) is 13.9. The van der Waals surface area contributed by atoms with Crippen LogP contribution in [0.25, 0.3) is 6.08 Å². The van der Waals surface area contributed by atoms with Crippen molar-refractivity contribution in [3.8, 4) is 0 Å². The van der Waals surface area contributed by atoms with Crippen molar-refractivity contribution in [1.29, 1.82) is 0 Å². The highest BCUT2D eigenvalue weighted by molar-refractivity contribution is 6.17. The molecule has 0 N–H and O–H groups in total. The molecule has 0 amide bonds. The zero-order valence-electron chi connectivity index (χ0n) is 8.30. The van der Waals surface area contributed by atoms with E-state index in [9.17, 15) is 0 Å². The van der Waals surface area contributed by atoms with E-state index >= 15 is 0 Å². The number of unbranched alkanes of at least 4 members (excludes halogenated alkanes) is 1. The van der Waals surface area contributed by atoms with Crippen LogP contribution in [0.2, 0.25) is 0 Å². The van der Waals surface area contributed by atoms with Gasteiger partial charge in [-0.15, -0.1) is 11.6 Å². The van der Waals surface area contributed by atoms with Gasteiger partial charge in [0.15, 0.2) is 0 Å². The SMILES string of the molecule is ClCCCCC1=Cc2ccccc2C1. The van der Waals surface area contributed by atoms with Crippen molar-refractivity contribution in [3.05, 3.63) is 41.0 Å². The molecular formula is C13H15Cl. The standard InChI is InChI=1S/C13H15Cl/c14-8-4-3-5-11-9-12-6-1-2-7-13(12)10-11/h1-2,6-7,9H,3-5,8,10H2. The summed E-state index contributed by atoms with van der Waals surface area (Å²) in [6.45, 7) is 0. The van der Waals surface area contributed by atoms with Crippen LogP contribution in [-0.2, 0) is 6.42 Å². The van der Waals surface area contributed by atoms with Gasteiger partial charge in [0.05, 0.1) is 0 Å². The number of hydrogen-bond donors (Lipinski definition) is 0. The van der Waals surface area contributed by atoms with Gasteiger partial charge in [-0.05, 0) is 36.8 Å². The Hall–Kier alpha value is -0.750. The highest BCUT2D eigenvalue weighted by atomic mass is 35.5. The van der Waals surface area contributed by atoms with Crippen molar-refractivity contribution in [3.63, 3.8) is 0 Å². The maximum absolute atomic E-state index is 5.66. The van der Waals surface area contributed by atoms with Crippen LogP contribution in [0.1, 0.15) is 30.4 Å². The van der Waals surface area contributed by atoms with Crippen molar-refractivity contribution in [2.75, 3.05) is 5.88 Å². The smallest absolute Gasteiger partial charge is 0.0223 e. The number of benzene rings is 1. The van der Waals surface area contributed by atoms with Gasteiger partial charge < -0.3 is 0 Å². The van der Waals surface area contributed by atoms with Gasteiger partial charge in [0, 0.05) is 5.88 Å². The molecule has 0 saturated heterocycles. The average molecular weight is 207 g/mol. The van der Waals surface area contributed by atoms with Gasteiger partial charge in [0.25, 0.3) is 0 Å². The molecule has 0 nitrogen and oxygen atoms in total. The monoisotopic (exact) mass is 206 g/mol. The van der Waals surface area contributed by atoms with E-state index < -0.39 is 0 Å². The van der Waals surface area contributed by atoms with Crippen LogP contribution in [0.15, 0.2) is 29.8 Å². The minimum absolute atomic E-state index is 0.792. The Kier molecular flexibility index (Phi) is 3.26. The van der Waals surface area contributed by atoms with Crippen molar-refractivity contribution in [2.24, 2.45) is 0 Å². The number of rotatable bonds is 4. The molecule has 1 heteroatoms. The highest BCUT2D eigenvalue weighted by Gasteiger charge is 2.10. The molecule has 0 unspecified atom stereocenters. The second kappa shape index (κ2) is 4.65. The highest BCUT2D eigenvalue weighted by Crippen LogP contribution is 2.27. The Balaban J connectivity index is 1.95. The van der Waals surface area contributed by atoms with E-state index in [1.807, 2.05) is 0 Å². The van der Waals surface area contributed by atoms with Crippen LogP contribution in [0, 0.1) is 0 Å². The van der Waals surface area contributed by atoms with Crippen LogP contribution in [-0.4, -0.2) is 5.88 Å². The largest absolute Gasteiger partial charge is 0.127 e. The second-order valence-corrected chi connectivity index (χ2v) is 4.20. The summed E-state index contributed by atoms with van der Waals surface area (Å²) in [4.78, 5) is 0. The summed E-state index contributed by atoms with van der Waals surface area (Å²) in [6.07, 6.45) is 7.06. The Morgan fingerprint density at radius 3 is 2.79 bits per heavy atom. The van der Waals surface area contributed by atoms with E-state index in [1.165, 1.54) is 24.0 Å². The first-order valence-corrected chi connectivity index (χ1v) is 5.77. The third-order valence-corrected chi connectivity index (χ3v) is 2.98. The number of alkyl halides is 1. The molecule has 14 heavy (non-hydrogen) atoms. The second-order valence-electron chi connectivity index (χ2n) is 3.82. The third kappa shape index (κ3) is 2.19. The number of hydrogen-bond acceptors (Lipinski definition) is 0. The zero-order valence-corrected chi connectivity index (χ0v) is 9.06. The zero-order chi connectivity index (χ0) is 9.80. The van der Waals surface area contributed by atoms with Gasteiger partial charge in [-0.1, -0.05) is 35.9 Å². The maximum atomic E-state index is 5.66. The van der Waals surface area contributed by atoms with E-state index in [0.29, 0.717) is 0 Å². The summed E-state index contributed by atoms with van der Waals surface area (Å²) in [6, 6.07) is 8.65.